The van der Waals surface area contributed by atoms with Gasteiger partial charge in [-0.2, -0.15) is 0 Å². The van der Waals surface area contributed by atoms with Gasteiger partial charge in [-0.1, -0.05) is 18.2 Å². The van der Waals surface area contributed by atoms with Crippen LogP contribution in [-0.4, -0.2) is 57.2 Å². The molecule has 1 aliphatic heterocycles. The Morgan fingerprint density at radius 2 is 1.87 bits per heavy atom. The van der Waals surface area contributed by atoms with E-state index in [1.54, 1.807) is 19.2 Å². The van der Waals surface area contributed by atoms with Crippen molar-refractivity contribution in [2.45, 2.75) is 24.8 Å². The largest absolute Gasteiger partial charge is 0.385 e. The first-order valence-electron chi connectivity index (χ1n) is 7.68. The van der Waals surface area contributed by atoms with Crippen LogP contribution in [0.3, 0.4) is 0 Å². The van der Waals surface area contributed by atoms with Crippen LogP contribution in [0.2, 0.25) is 0 Å². The van der Waals surface area contributed by atoms with Gasteiger partial charge in [-0.05, 0) is 31.4 Å². The Morgan fingerprint density at radius 1 is 1.26 bits per heavy atom. The van der Waals surface area contributed by atoms with Crippen molar-refractivity contribution in [3.63, 3.8) is 0 Å². The Hall–Kier alpha value is -1.44. The number of sulfonamides is 1. The molecule has 1 aliphatic rings. The van der Waals surface area contributed by atoms with E-state index in [1.807, 2.05) is 18.2 Å². The summed E-state index contributed by atoms with van der Waals surface area (Å²) >= 11 is 0. The maximum absolute atomic E-state index is 12.5. The maximum atomic E-state index is 12.5. The smallest absolute Gasteiger partial charge is 0.251 e. The lowest BCUT2D eigenvalue weighted by molar-refractivity contribution is 0.0784. The number of rotatable bonds is 6. The molecule has 0 aromatic heterocycles. The molecule has 7 heteroatoms. The zero-order valence-electron chi connectivity index (χ0n) is 13.6. The van der Waals surface area contributed by atoms with Crippen LogP contribution in [0.15, 0.2) is 30.3 Å². The van der Waals surface area contributed by atoms with E-state index in [0.29, 0.717) is 44.5 Å². The monoisotopic (exact) mass is 340 g/mol. The zero-order chi connectivity index (χ0) is 16.9. The van der Waals surface area contributed by atoms with Crippen LogP contribution < -0.4 is 5.32 Å². The summed E-state index contributed by atoms with van der Waals surface area (Å²) in [4.78, 5) is 12.5. The summed E-state index contributed by atoms with van der Waals surface area (Å²) in [5, 5.41) is 3.12. The zero-order valence-corrected chi connectivity index (χ0v) is 14.4. The Balaban J connectivity index is 2.10. The first-order chi connectivity index (χ1) is 10.9. The van der Waals surface area contributed by atoms with Crippen LogP contribution in [0.5, 0.6) is 0 Å². The van der Waals surface area contributed by atoms with E-state index in [1.165, 1.54) is 10.6 Å². The van der Waals surface area contributed by atoms with Gasteiger partial charge in [-0.15, -0.1) is 0 Å². The van der Waals surface area contributed by atoms with Crippen molar-refractivity contribution in [3.8, 4) is 0 Å². The van der Waals surface area contributed by atoms with Gasteiger partial charge in [0.1, 0.15) is 0 Å². The summed E-state index contributed by atoms with van der Waals surface area (Å²) in [6.45, 7) is 1.35. The van der Waals surface area contributed by atoms with Gasteiger partial charge >= 0.3 is 0 Å². The van der Waals surface area contributed by atoms with Crippen LogP contribution in [0, 0.1) is 0 Å². The second-order valence-electron chi connectivity index (χ2n) is 6.01. The van der Waals surface area contributed by atoms with Crippen molar-refractivity contribution >= 4 is 15.9 Å². The van der Waals surface area contributed by atoms with E-state index >= 15 is 0 Å². The van der Waals surface area contributed by atoms with Gasteiger partial charge in [0.05, 0.1) is 6.26 Å². The molecule has 0 radical (unpaired) electrons. The van der Waals surface area contributed by atoms with Gasteiger partial charge in [0.2, 0.25) is 10.0 Å². The highest BCUT2D eigenvalue weighted by molar-refractivity contribution is 7.88. The molecule has 1 saturated heterocycles. The molecule has 0 spiro atoms. The molecule has 1 fully saturated rings. The SMILES string of the molecule is COCCC1(NC(=O)c2ccccc2)CCN(S(C)(=O)=O)CC1. The summed E-state index contributed by atoms with van der Waals surface area (Å²) in [7, 11) is -1.56. The highest BCUT2D eigenvalue weighted by atomic mass is 32.2. The Bertz CT molecular complexity index is 623. The van der Waals surface area contributed by atoms with Crippen LogP contribution in [0.4, 0.5) is 0 Å². The normalized spacial score (nSPS) is 18.5. The van der Waals surface area contributed by atoms with E-state index in [9.17, 15) is 13.2 Å². The number of piperidine rings is 1. The molecule has 23 heavy (non-hydrogen) atoms. The number of nitrogens with zero attached hydrogens (tertiary/aromatic N) is 1. The second-order valence-corrected chi connectivity index (χ2v) is 7.99. The highest BCUT2D eigenvalue weighted by Gasteiger charge is 2.38. The van der Waals surface area contributed by atoms with Gasteiger partial charge in [-0.25, -0.2) is 12.7 Å². The molecule has 128 valence electrons. The molecule has 1 heterocycles. The minimum absolute atomic E-state index is 0.130. The number of nitrogens with one attached hydrogen (secondary N) is 1. The summed E-state index contributed by atoms with van der Waals surface area (Å²) < 4.78 is 30.0. The predicted octanol–water partition coefficient (Wildman–Crippen LogP) is 1.25. The van der Waals surface area contributed by atoms with E-state index in [4.69, 9.17) is 4.74 Å². The number of benzene rings is 1. The minimum atomic E-state index is -3.19. The Morgan fingerprint density at radius 3 is 2.39 bits per heavy atom. The lowest BCUT2D eigenvalue weighted by Crippen LogP contribution is -2.56. The molecule has 2 rings (SSSR count). The summed E-state index contributed by atoms with van der Waals surface area (Å²) in [6.07, 6.45) is 3.06. The van der Waals surface area contributed by atoms with Crippen LogP contribution in [0.1, 0.15) is 29.6 Å². The van der Waals surface area contributed by atoms with Crippen molar-refractivity contribution < 1.29 is 17.9 Å². The van der Waals surface area contributed by atoms with Gasteiger partial charge in [0.15, 0.2) is 0 Å². The van der Waals surface area contributed by atoms with Crippen molar-refractivity contribution in [1.29, 1.82) is 0 Å². The standard InChI is InChI=1S/C16H24N2O4S/c1-22-13-10-16(8-11-18(12-9-16)23(2,20)21)17-15(19)14-6-4-3-5-7-14/h3-7H,8-13H2,1-2H3,(H,17,19). The number of hydrogen-bond acceptors (Lipinski definition) is 4. The fourth-order valence-corrected chi connectivity index (χ4v) is 3.73. The Labute approximate surface area is 137 Å². The van der Waals surface area contributed by atoms with E-state index in [0.717, 1.165) is 0 Å². The number of carbonyl (C=O) groups is 1. The van der Waals surface area contributed by atoms with E-state index in [2.05, 4.69) is 5.32 Å². The average Bonchev–Trinajstić information content (AvgIpc) is 2.53. The number of carbonyl (C=O) groups excluding carboxylic acids is 1. The number of amides is 1. The fraction of sp³-hybridized carbons (Fsp3) is 0.562. The van der Waals surface area contributed by atoms with Gasteiger partial charge in [0, 0.05) is 37.9 Å². The third-order valence-corrected chi connectivity index (χ3v) is 5.65. The van der Waals surface area contributed by atoms with Gasteiger partial charge < -0.3 is 10.1 Å². The first kappa shape index (κ1) is 17.9. The van der Waals surface area contributed by atoms with Crippen LogP contribution in [-0.2, 0) is 14.8 Å². The Kier molecular flexibility index (Phi) is 5.78. The van der Waals surface area contributed by atoms with Gasteiger partial charge in [0.25, 0.3) is 5.91 Å². The molecule has 6 nitrogen and oxygen atoms in total. The third kappa shape index (κ3) is 4.76. The fourth-order valence-electron chi connectivity index (χ4n) is 2.88. The number of ether oxygens (including phenoxy) is 1. The molecule has 1 aromatic rings. The van der Waals surface area contributed by atoms with E-state index < -0.39 is 15.6 Å². The molecule has 0 atom stereocenters. The van der Waals surface area contributed by atoms with Crippen LogP contribution >= 0.6 is 0 Å². The molecule has 0 bridgehead atoms. The van der Waals surface area contributed by atoms with E-state index in [-0.39, 0.29) is 5.91 Å². The lowest BCUT2D eigenvalue weighted by Gasteiger charge is -2.41. The predicted molar refractivity (Wildman–Crippen MR) is 88.8 cm³/mol. The van der Waals surface area contributed by atoms with Crippen LogP contribution in [0.25, 0.3) is 0 Å². The molecular weight excluding hydrogens is 316 g/mol. The highest BCUT2D eigenvalue weighted by Crippen LogP contribution is 2.27. The first-order valence-corrected chi connectivity index (χ1v) is 9.53. The average molecular weight is 340 g/mol. The van der Waals surface area contributed by atoms with Crippen molar-refractivity contribution in [1.82, 2.24) is 9.62 Å². The van der Waals surface area contributed by atoms with Crippen molar-refractivity contribution in [2.75, 3.05) is 33.1 Å². The quantitative estimate of drug-likeness (QED) is 0.845. The molecule has 1 amide bonds. The summed E-state index contributed by atoms with van der Waals surface area (Å²) in [5.41, 5.74) is 0.180. The van der Waals surface area contributed by atoms with Crippen molar-refractivity contribution in [3.05, 3.63) is 35.9 Å². The maximum Gasteiger partial charge on any atom is 0.251 e. The molecule has 1 N–H and O–H groups in total. The molecule has 0 unspecified atom stereocenters. The lowest BCUT2D eigenvalue weighted by atomic mass is 9.85. The second kappa shape index (κ2) is 7.42. The summed E-state index contributed by atoms with van der Waals surface area (Å²) in [5.74, 6) is -0.130. The summed E-state index contributed by atoms with van der Waals surface area (Å²) in [6, 6.07) is 9.05. The molecule has 1 aromatic carbocycles. The van der Waals surface area contributed by atoms with Crippen molar-refractivity contribution in [2.24, 2.45) is 0 Å². The van der Waals surface area contributed by atoms with Gasteiger partial charge in [-0.3, -0.25) is 4.79 Å². The number of hydrogen-bond donors (Lipinski definition) is 1. The molecule has 0 aliphatic carbocycles. The topological polar surface area (TPSA) is 75.7 Å². The number of methoxy groups -OCH3 is 1. The minimum Gasteiger partial charge on any atom is -0.385 e. The third-order valence-electron chi connectivity index (χ3n) is 4.35. The molecule has 0 saturated carbocycles. The molecular formula is C16H24N2O4S.